The molecule has 0 radical (unpaired) electrons. The normalized spacial score (nSPS) is 11.5. The minimum absolute atomic E-state index is 0.340. The lowest BCUT2D eigenvalue weighted by molar-refractivity contribution is 0.101. The largest absolute Gasteiger partial charge is 0.384 e. The Kier molecular flexibility index (Phi) is 6.62. The van der Waals surface area contributed by atoms with Gasteiger partial charge < -0.3 is 10.4 Å². The highest BCUT2D eigenvalue weighted by molar-refractivity contribution is 6.03. The number of hydrogen-bond acceptors (Lipinski definition) is 3. The Morgan fingerprint density at radius 3 is 2.35 bits per heavy atom. The van der Waals surface area contributed by atoms with E-state index >= 15 is 0 Å². The Hall–Kier alpha value is -4.99. The molecule has 2 N–H and O–H groups in total. The lowest BCUT2D eigenvalue weighted by atomic mass is 9.98. The molecular weight excluding hydrogens is 460 g/mol. The number of carbonyl (C=O) groups excluding carboxylic acids is 1. The van der Waals surface area contributed by atoms with E-state index in [0.29, 0.717) is 34.0 Å². The Balaban J connectivity index is 1.36. The van der Waals surface area contributed by atoms with Crippen LogP contribution in [0, 0.1) is 13.5 Å². The van der Waals surface area contributed by atoms with Crippen LogP contribution in [-0.2, 0) is 0 Å². The summed E-state index contributed by atoms with van der Waals surface area (Å²) in [6, 6.07) is 33.7. The van der Waals surface area contributed by atoms with Crippen LogP contribution in [0.1, 0.15) is 33.4 Å². The molecule has 0 bridgehead atoms. The van der Waals surface area contributed by atoms with Crippen molar-refractivity contribution in [3.8, 4) is 16.8 Å². The number of hydrogen-bond donors (Lipinski definition) is 2. The molecule has 180 valence electrons. The maximum absolute atomic E-state index is 13.2. The fourth-order valence-corrected chi connectivity index (χ4v) is 4.21. The second-order valence-corrected chi connectivity index (χ2v) is 8.68. The minimum Gasteiger partial charge on any atom is -0.384 e. The monoisotopic (exact) mass is 484 g/mol. The van der Waals surface area contributed by atoms with Gasteiger partial charge in [-0.15, -0.1) is 0 Å². The van der Waals surface area contributed by atoms with Gasteiger partial charge in [0.1, 0.15) is 11.8 Å². The number of aliphatic hydroxyl groups excluding tert-OH is 1. The van der Waals surface area contributed by atoms with E-state index in [1.54, 1.807) is 48.5 Å². The summed E-state index contributed by atoms with van der Waals surface area (Å²) in [5, 5.41) is 18.4. The second kappa shape index (κ2) is 10.3. The molecule has 1 aromatic heterocycles. The molecule has 1 atom stereocenters. The van der Waals surface area contributed by atoms with Gasteiger partial charge in [-0.05, 0) is 59.5 Å². The Morgan fingerprint density at radius 1 is 0.865 bits per heavy atom. The van der Waals surface area contributed by atoms with Gasteiger partial charge in [0.2, 0.25) is 0 Å². The number of carbonyl (C=O) groups is 1. The molecule has 0 aliphatic carbocycles. The van der Waals surface area contributed by atoms with Gasteiger partial charge in [-0.3, -0.25) is 4.79 Å². The zero-order valence-electron chi connectivity index (χ0n) is 20.2. The van der Waals surface area contributed by atoms with E-state index in [2.05, 4.69) is 15.3 Å². The minimum atomic E-state index is -0.842. The first-order valence-electron chi connectivity index (χ1n) is 11.8. The molecule has 37 heavy (non-hydrogen) atoms. The summed E-state index contributed by atoms with van der Waals surface area (Å²) >= 11 is 0. The first-order chi connectivity index (χ1) is 18.0. The SMILES string of the molecule is [C-]#[N+]c1cccc(-n2nc(C)cc2C(=O)Nc2cccc(C(O)c3ccc(-c4ccccc4)cc3)c2)c1. The number of rotatable bonds is 6. The third-order valence-electron chi connectivity index (χ3n) is 6.06. The number of aliphatic hydroxyl groups is 1. The Bertz CT molecular complexity index is 1600. The van der Waals surface area contributed by atoms with E-state index in [4.69, 9.17) is 6.57 Å². The summed E-state index contributed by atoms with van der Waals surface area (Å²) in [7, 11) is 0. The predicted molar refractivity (Wildman–Crippen MR) is 145 cm³/mol. The summed E-state index contributed by atoms with van der Waals surface area (Å²) in [5.41, 5.74) is 6.31. The van der Waals surface area contributed by atoms with Crippen molar-refractivity contribution in [3.63, 3.8) is 0 Å². The van der Waals surface area contributed by atoms with Gasteiger partial charge in [0.15, 0.2) is 5.69 Å². The van der Waals surface area contributed by atoms with Crippen molar-refractivity contribution in [2.45, 2.75) is 13.0 Å². The maximum Gasteiger partial charge on any atom is 0.274 e. The fraction of sp³-hybridized carbons (Fsp3) is 0.0645. The molecule has 4 aromatic carbocycles. The topological polar surface area (TPSA) is 71.5 Å². The van der Waals surface area contributed by atoms with Gasteiger partial charge in [-0.25, -0.2) is 9.53 Å². The van der Waals surface area contributed by atoms with Crippen molar-refractivity contribution >= 4 is 17.3 Å². The number of aromatic nitrogens is 2. The molecule has 0 fully saturated rings. The van der Waals surface area contributed by atoms with Gasteiger partial charge in [-0.1, -0.05) is 78.9 Å². The maximum atomic E-state index is 13.2. The molecule has 5 rings (SSSR count). The molecule has 6 nitrogen and oxygen atoms in total. The van der Waals surface area contributed by atoms with Crippen molar-refractivity contribution < 1.29 is 9.90 Å². The van der Waals surface area contributed by atoms with Crippen molar-refractivity contribution in [3.05, 3.63) is 143 Å². The second-order valence-electron chi connectivity index (χ2n) is 8.68. The highest BCUT2D eigenvalue weighted by Crippen LogP contribution is 2.27. The number of benzene rings is 4. The van der Waals surface area contributed by atoms with E-state index in [-0.39, 0.29) is 5.91 Å². The van der Waals surface area contributed by atoms with Crippen molar-refractivity contribution in [2.24, 2.45) is 0 Å². The van der Waals surface area contributed by atoms with E-state index < -0.39 is 6.10 Å². The van der Waals surface area contributed by atoms with Crippen LogP contribution in [0.15, 0.2) is 109 Å². The van der Waals surface area contributed by atoms with Crippen molar-refractivity contribution in [1.29, 1.82) is 0 Å². The molecule has 0 saturated heterocycles. The van der Waals surface area contributed by atoms with Crippen LogP contribution in [0.2, 0.25) is 0 Å². The summed E-state index contributed by atoms with van der Waals surface area (Å²) in [6.45, 7) is 9.07. The predicted octanol–water partition coefficient (Wildman–Crippen LogP) is 6.73. The average molecular weight is 485 g/mol. The first-order valence-corrected chi connectivity index (χ1v) is 11.8. The average Bonchev–Trinajstić information content (AvgIpc) is 3.35. The zero-order chi connectivity index (χ0) is 25.8. The highest BCUT2D eigenvalue weighted by atomic mass is 16.3. The van der Waals surface area contributed by atoms with Gasteiger partial charge in [0, 0.05) is 5.69 Å². The van der Waals surface area contributed by atoms with Crippen LogP contribution >= 0.6 is 0 Å². The Labute approximate surface area is 215 Å². The lowest BCUT2D eigenvalue weighted by Crippen LogP contribution is -2.17. The third kappa shape index (κ3) is 5.18. The van der Waals surface area contributed by atoms with Gasteiger partial charge in [0.25, 0.3) is 5.91 Å². The van der Waals surface area contributed by atoms with E-state index in [0.717, 1.165) is 16.7 Å². The van der Waals surface area contributed by atoms with Gasteiger partial charge in [-0.2, -0.15) is 5.10 Å². The van der Waals surface area contributed by atoms with Gasteiger partial charge in [0.05, 0.1) is 18.0 Å². The Morgan fingerprint density at radius 2 is 1.59 bits per heavy atom. The molecule has 5 aromatic rings. The first kappa shape index (κ1) is 23.7. The zero-order valence-corrected chi connectivity index (χ0v) is 20.2. The molecule has 0 aliphatic heterocycles. The summed E-state index contributed by atoms with van der Waals surface area (Å²) in [5.74, 6) is -0.340. The van der Waals surface area contributed by atoms with Crippen LogP contribution in [0.3, 0.4) is 0 Å². The molecule has 0 spiro atoms. The number of anilines is 1. The smallest absolute Gasteiger partial charge is 0.274 e. The van der Waals surface area contributed by atoms with Crippen LogP contribution in [0.25, 0.3) is 21.7 Å². The van der Waals surface area contributed by atoms with Crippen LogP contribution in [-0.4, -0.2) is 20.8 Å². The van der Waals surface area contributed by atoms with E-state index in [9.17, 15) is 9.90 Å². The molecule has 0 aliphatic rings. The summed E-state index contributed by atoms with van der Waals surface area (Å²) in [4.78, 5) is 16.7. The summed E-state index contributed by atoms with van der Waals surface area (Å²) < 4.78 is 1.53. The molecule has 1 heterocycles. The molecular formula is C31H24N4O2. The van der Waals surface area contributed by atoms with E-state index in [1.165, 1.54) is 4.68 Å². The van der Waals surface area contributed by atoms with Crippen molar-refractivity contribution in [2.75, 3.05) is 5.32 Å². The van der Waals surface area contributed by atoms with Crippen molar-refractivity contribution in [1.82, 2.24) is 9.78 Å². The van der Waals surface area contributed by atoms with Crippen LogP contribution in [0.5, 0.6) is 0 Å². The number of nitrogens with zero attached hydrogens (tertiary/aromatic N) is 3. The summed E-state index contributed by atoms with van der Waals surface area (Å²) in [6.07, 6.45) is -0.842. The third-order valence-corrected chi connectivity index (χ3v) is 6.06. The van der Waals surface area contributed by atoms with Crippen LogP contribution < -0.4 is 5.32 Å². The number of amides is 1. The highest BCUT2D eigenvalue weighted by Gasteiger charge is 2.17. The van der Waals surface area contributed by atoms with Crippen LogP contribution in [0.4, 0.5) is 11.4 Å². The number of aryl methyl sites for hydroxylation is 1. The standard InChI is InChI=1S/C31H24N4O2/c1-21-18-29(35(34-21)28-13-7-11-26(20-28)32-2)31(37)33-27-12-6-10-25(19-27)30(36)24-16-14-23(15-17-24)22-8-4-3-5-9-22/h3-20,30,36H,1H3,(H,33,37). The van der Waals surface area contributed by atoms with Gasteiger partial charge >= 0.3 is 0 Å². The fourth-order valence-electron chi connectivity index (χ4n) is 4.21. The van der Waals surface area contributed by atoms with E-state index in [1.807, 2.05) is 67.6 Å². The molecule has 1 unspecified atom stereocenters. The molecule has 0 saturated carbocycles. The number of nitrogens with one attached hydrogen (secondary N) is 1. The molecule has 6 heteroatoms. The molecule has 1 amide bonds. The quantitative estimate of drug-likeness (QED) is 0.262. The lowest BCUT2D eigenvalue weighted by Gasteiger charge is -2.14.